The molecule has 2 amide bonds. The van der Waals surface area contributed by atoms with Crippen LogP contribution in [0.25, 0.3) is 0 Å². The van der Waals surface area contributed by atoms with Crippen molar-refractivity contribution in [3.63, 3.8) is 0 Å². The van der Waals surface area contributed by atoms with Crippen molar-refractivity contribution in [2.75, 3.05) is 25.4 Å². The molecule has 0 aliphatic carbocycles. The van der Waals surface area contributed by atoms with Crippen molar-refractivity contribution in [3.8, 4) is 0 Å². The zero-order valence-electron chi connectivity index (χ0n) is 13.5. The molecule has 25 heavy (non-hydrogen) atoms. The molecule has 0 spiro atoms. The Labute approximate surface area is 148 Å². The maximum Gasteiger partial charge on any atom is 0.293 e. The van der Waals surface area contributed by atoms with Crippen molar-refractivity contribution < 1.29 is 18.4 Å². The van der Waals surface area contributed by atoms with E-state index in [1.165, 1.54) is 11.0 Å². The number of benzene rings is 1. The second-order valence-electron chi connectivity index (χ2n) is 5.94. The quantitative estimate of drug-likeness (QED) is 0.830. The number of nitrogens with zero attached hydrogens (tertiary/aromatic N) is 2. The molecule has 3 rings (SSSR count). The van der Waals surface area contributed by atoms with E-state index >= 15 is 0 Å². The Morgan fingerprint density at radius 2 is 2.04 bits per heavy atom. The number of hydrogen-bond acceptors (Lipinski definition) is 4. The molecule has 2 aromatic rings. The first-order valence-electron chi connectivity index (χ1n) is 7.76. The standard InChI is InChI=1S/C17H17ClFN3O3/c1-10-9-21(16(23)12-8-11(20)2-3-13(12)18)5-6-22(10)17(24)15-14(19)4-7-25-15/h2-4,7-8,10H,5-6,9,20H2,1H3/t10-/m1/s1. The first-order valence-corrected chi connectivity index (χ1v) is 8.14. The molecule has 1 fully saturated rings. The normalized spacial score (nSPS) is 17.6. The van der Waals surface area contributed by atoms with Crippen LogP contribution in [0.15, 0.2) is 34.9 Å². The van der Waals surface area contributed by atoms with Gasteiger partial charge < -0.3 is 20.0 Å². The highest BCUT2D eigenvalue weighted by Crippen LogP contribution is 2.23. The predicted molar refractivity (Wildman–Crippen MR) is 90.9 cm³/mol. The van der Waals surface area contributed by atoms with Gasteiger partial charge in [0, 0.05) is 37.4 Å². The Kier molecular flexibility index (Phi) is 4.67. The predicted octanol–water partition coefficient (Wildman–Crippen LogP) is 2.64. The van der Waals surface area contributed by atoms with Gasteiger partial charge in [-0.2, -0.15) is 0 Å². The highest BCUT2D eigenvalue weighted by atomic mass is 35.5. The number of rotatable bonds is 2. The molecule has 1 aromatic carbocycles. The Hall–Kier alpha value is -2.54. The Morgan fingerprint density at radius 1 is 1.28 bits per heavy atom. The maximum absolute atomic E-state index is 13.6. The smallest absolute Gasteiger partial charge is 0.293 e. The zero-order chi connectivity index (χ0) is 18.1. The molecule has 1 atom stereocenters. The molecule has 0 saturated carbocycles. The Morgan fingerprint density at radius 3 is 2.68 bits per heavy atom. The fourth-order valence-corrected chi connectivity index (χ4v) is 3.10. The average Bonchev–Trinajstić information content (AvgIpc) is 3.01. The van der Waals surface area contributed by atoms with E-state index in [0.29, 0.717) is 29.4 Å². The number of nitrogens with two attached hydrogens (primary N) is 1. The van der Waals surface area contributed by atoms with E-state index in [2.05, 4.69) is 0 Å². The van der Waals surface area contributed by atoms with Crippen molar-refractivity contribution in [1.29, 1.82) is 0 Å². The van der Waals surface area contributed by atoms with E-state index in [0.717, 1.165) is 12.3 Å². The summed E-state index contributed by atoms with van der Waals surface area (Å²) in [5.41, 5.74) is 6.50. The summed E-state index contributed by atoms with van der Waals surface area (Å²) in [6.45, 7) is 2.67. The summed E-state index contributed by atoms with van der Waals surface area (Å²) in [6, 6.07) is 5.53. The Bertz CT molecular complexity index is 823. The van der Waals surface area contributed by atoms with Gasteiger partial charge in [0.05, 0.1) is 16.8 Å². The van der Waals surface area contributed by atoms with Crippen LogP contribution < -0.4 is 5.73 Å². The van der Waals surface area contributed by atoms with Crippen molar-refractivity contribution in [2.24, 2.45) is 0 Å². The fourth-order valence-electron chi connectivity index (χ4n) is 2.90. The minimum atomic E-state index is -0.692. The SMILES string of the molecule is C[C@@H]1CN(C(=O)c2cc(N)ccc2Cl)CCN1C(=O)c1occc1F. The first-order chi connectivity index (χ1) is 11.9. The summed E-state index contributed by atoms with van der Waals surface area (Å²) in [5, 5.41) is 0.322. The molecule has 1 aromatic heterocycles. The number of piperazine rings is 1. The summed E-state index contributed by atoms with van der Waals surface area (Å²) >= 11 is 6.09. The van der Waals surface area contributed by atoms with Crippen molar-refractivity contribution in [3.05, 3.63) is 52.7 Å². The van der Waals surface area contributed by atoms with Gasteiger partial charge >= 0.3 is 0 Å². The lowest BCUT2D eigenvalue weighted by Crippen LogP contribution is -2.55. The summed E-state index contributed by atoms with van der Waals surface area (Å²) < 4.78 is 18.5. The van der Waals surface area contributed by atoms with Crippen LogP contribution >= 0.6 is 11.6 Å². The molecule has 6 nitrogen and oxygen atoms in total. The highest BCUT2D eigenvalue weighted by Gasteiger charge is 2.33. The number of anilines is 1. The second kappa shape index (κ2) is 6.76. The van der Waals surface area contributed by atoms with Gasteiger partial charge in [-0.25, -0.2) is 4.39 Å². The third kappa shape index (κ3) is 3.32. The summed E-state index contributed by atoms with van der Waals surface area (Å²) in [6.07, 6.45) is 1.13. The van der Waals surface area contributed by atoms with Crippen LogP contribution in [0.5, 0.6) is 0 Å². The van der Waals surface area contributed by atoms with Crippen LogP contribution in [-0.4, -0.2) is 47.3 Å². The molecular weight excluding hydrogens is 349 g/mol. The van der Waals surface area contributed by atoms with E-state index in [1.54, 1.807) is 24.0 Å². The summed E-state index contributed by atoms with van der Waals surface area (Å²) in [4.78, 5) is 28.2. The van der Waals surface area contributed by atoms with Gasteiger partial charge in [-0.3, -0.25) is 9.59 Å². The first kappa shape index (κ1) is 17.3. The van der Waals surface area contributed by atoms with Gasteiger partial charge in [-0.05, 0) is 25.1 Å². The summed E-state index contributed by atoms with van der Waals surface area (Å²) in [5.74, 6) is -1.78. The van der Waals surface area contributed by atoms with Gasteiger partial charge in [0.1, 0.15) is 0 Å². The molecule has 2 heterocycles. The van der Waals surface area contributed by atoms with Crippen LogP contribution in [0.3, 0.4) is 0 Å². The fraction of sp³-hybridized carbons (Fsp3) is 0.294. The monoisotopic (exact) mass is 365 g/mol. The highest BCUT2D eigenvalue weighted by molar-refractivity contribution is 6.34. The lowest BCUT2D eigenvalue weighted by molar-refractivity contribution is 0.0391. The molecule has 0 unspecified atom stereocenters. The Balaban J connectivity index is 1.73. The van der Waals surface area contributed by atoms with Gasteiger partial charge in [-0.15, -0.1) is 0 Å². The van der Waals surface area contributed by atoms with Crippen LogP contribution in [-0.2, 0) is 0 Å². The molecule has 1 aliphatic heterocycles. The lowest BCUT2D eigenvalue weighted by Gasteiger charge is -2.39. The number of carbonyl (C=O) groups excluding carboxylic acids is 2. The van der Waals surface area contributed by atoms with Crippen LogP contribution in [0.4, 0.5) is 10.1 Å². The van der Waals surface area contributed by atoms with E-state index in [-0.39, 0.29) is 24.3 Å². The molecule has 8 heteroatoms. The molecule has 2 N–H and O–H groups in total. The number of hydrogen-bond donors (Lipinski definition) is 1. The minimum absolute atomic E-state index is 0.250. The molecule has 1 saturated heterocycles. The number of nitrogen functional groups attached to an aromatic ring is 1. The van der Waals surface area contributed by atoms with Crippen molar-refractivity contribution >= 4 is 29.1 Å². The largest absolute Gasteiger partial charge is 0.456 e. The molecule has 0 radical (unpaired) electrons. The number of amides is 2. The van der Waals surface area contributed by atoms with E-state index in [9.17, 15) is 14.0 Å². The van der Waals surface area contributed by atoms with Crippen LogP contribution in [0.2, 0.25) is 5.02 Å². The van der Waals surface area contributed by atoms with Crippen LogP contribution in [0, 0.1) is 5.82 Å². The van der Waals surface area contributed by atoms with Gasteiger partial charge in [0.25, 0.3) is 11.8 Å². The summed E-state index contributed by atoms with van der Waals surface area (Å²) in [7, 11) is 0. The lowest BCUT2D eigenvalue weighted by atomic mass is 10.1. The topological polar surface area (TPSA) is 79.8 Å². The average molecular weight is 366 g/mol. The van der Waals surface area contributed by atoms with Crippen LogP contribution in [0.1, 0.15) is 27.8 Å². The van der Waals surface area contributed by atoms with Gasteiger partial charge in [0.15, 0.2) is 5.82 Å². The van der Waals surface area contributed by atoms with Gasteiger partial charge in [0.2, 0.25) is 5.76 Å². The number of halogens is 2. The number of furan rings is 1. The second-order valence-corrected chi connectivity index (χ2v) is 6.34. The minimum Gasteiger partial charge on any atom is -0.456 e. The molecule has 132 valence electrons. The molecule has 0 bridgehead atoms. The molecular formula is C17H17ClFN3O3. The zero-order valence-corrected chi connectivity index (χ0v) is 14.3. The third-order valence-corrected chi connectivity index (χ3v) is 4.54. The van der Waals surface area contributed by atoms with E-state index in [4.69, 9.17) is 21.8 Å². The van der Waals surface area contributed by atoms with Crippen molar-refractivity contribution in [2.45, 2.75) is 13.0 Å². The van der Waals surface area contributed by atoms with Gasteiger partial charge in [-0.1, -0.05) is 11.6 Å². The maximum atomic E-state index is 13.6. The van der Waals surface area contributed by atoms with Crippen molar-refractivity contribution in [1.82, 2.24) is 9.80 Å². The van der Waals surface area contributed by atoms with E-state index < -0.39 is 11.7 Å². The number of carbonyl (C=O) groups is 2. The van der Waals surface area contributed by atoms with E-state index in [1.807, 2.05) is 0 Å². The molecule has 1 aliphatic rings. The third-order valence-electron chi connectivity index (χ3n) is 4.21.